The summed E-state index contributed by atoms with van der Waals surface area (Å²) in [4.78, 5) is 29.3. The van der Waals surface area contributed by atoms with Crippen LogP contribution in [0.1, 0.15) is 34.5 Å². The molecule has 0 aliphatic carbocycles. The molecule has 0 saturated heterocycles. The van der Waals surface area contributed by atoms with Crippen molar-refractivity contribution in [1.29, 1.82) is 0 Å². The van der Waals surface area contributed by atoms with E-state index >= 15 is 0 Å². The number of hydrogen-bond donors (Lipinski definition) is 2. The number of aromatic nitrogens is 2. The highest BCUT2D eigenvalue weighted by Gasteiger charge is 2.21. The monoisotopic (exact) mass is 390 g/mol. The van der Waals surface area contributed by atoms with Crippen molar-refractivity contribution < 1.29 is 9.59 Å². The maximum absolute atomic E-state index is 12.7. The predicted molar refractivity (Wildman–Crippen MR) is 102 cm³/mol. The Balaban J connectivity index is 1.95. The number of nitrogens with one attached hydrogen (secondary N) is 2. The Labute approximate surface area is 160 Å². The third-order valence-corrected chi connectivity index (χ3v) is 4.42. The number of amides is 2. The van der Waals surface area contributed by atoms with Crippen LogP contribution in [0, 0.1) is 0 Å². The van der Waals surface area contributed by atoms with E-state index in [0.29, 0.717) is 27.8 Å². The number of anilines is 1. The quantitative estimate of drug-likeness (QED) is 0.690. The van der Waals surface area contributed by atoms with Crippen molar-refractivity contribution in [2.75, 3.05) is 11.9 Å². The lowest BCUT2D eigenvalue weighted by Crippen LogP contribution is -2.26. The van der Waals surface area contributed by atoms with E-state index in [-0.39, 0.29) is 17.4 Å². The van der Waals surface area contributed by atoms with E-state index < -0.39 is 5.91 Å². The fraction of sp³-hybridized carbons (Fsp3) is 0.167. The first kappa shape index (κ1) is 18.2. The standard InChI is InChI=1S/C18H16Cl2N4O2/c1-2-8-21-18(26)16-23-15(14-5-3-4-9-24(14)16)17(25)22-11-6-7-12(19)13(20)10-11/h3-7,9-10H,2,8H2,1H3,(H,21,26)(H,22,25). The largest absolute Gasteiger partial charge is 0.349 e. The summed E-state index contributed by atoms with van der Waals surface area (Å²) in [6.07, 6.45) is 2.50. The smallest absolute Gasteiger partial charge is 0.287 e. The minimum atomic E-state index is -0.443. The van der Waals surface area contributed by atoms with Crippen LogP contribution < -0.4 is 10.6 Å². The van der Waals surface area contributed by atoms with Gasteiger partial charge in [0.25, 0.3) is 11.8 Å². The summed E-state index contributed by atoms with van der Waals surface area (Å²) in [6.45, 7) is 2.49. The number of rotatable bonds is 5. The van der Waals surface area contributed by atoms with Gasteiger partial charge >= 0.3 is 0 Å². The summed E-state index contributed by atoms with van der Waals surface area (Å²) in [7, 11) is 0. The summed E-state index contributed by atoms with van der Waals surface area (Å²) in [5, 5.41) is 6.22. The number of halogens is 2. The van der Waals surface area contributed by atoms with Crippen molar-refractivity contribution in [3.8, 4) is 0 Å². The molecule has 0 bridgehead atoms. The van der Waals surface area contributed by atoms with Crippen LogP contribution in [-0.4, -0.2) is 27.7 Å². The fourth-order valence-electron chi connectivity index (χ4n) is 2.45. The number of carbonyl (C=O) groups excluding carboxylic acids is 2. The molecule has 0 unspecified atom stereocenters. The van der Waals surface area contributed by atoms with E-state index in [0.717, 1.165) is 6.42 Å². The predicted octanol–water partition coefficient (Wildman–Crippen LogP) is 4.03. The van der Waals surface area contributed by atoms with Crippen molar-refractivity contribution in [3.05, 3.63) is 64.2 Å². The molecule has 6 nitrogen and oxygen atoms in total. The minimum absolute atomic E-state index is 0.151. The van der Waals surface area contributed by atoms with Crippen LogP contribution >= 0.6 is 23.2 Å². The van der Waals surface area contributed by atoms with Crippen LogP contribution in [0.5, 0.6) is 0 Å². The molecule has 8 heteroatoms. The molecule has 3 aromatic rings. The molecule has 0 spiro atoms. The number of nitrogens with zero attached hydrogens (tertiary/aromatic N) is 2. The molecule has 2 N–H and O–H groups in total. The van der Waals surface area contributed by atoms with Crippen LogP contribution in [0.15, 0.2) is 42.6 Å². The second-order valence-electron chi connectivity index (χ2n) is 5.58. The van der Waals surface area contributed by atoms with Gasteiger partial charge in [0.2, 0.25) is 5.82 Å². The van der Waals surface area contributed by atoms with E-state index in [4.69, 9.17) is 23.2 Å². The molecule has 26 heavy (non-hydrogen) atoms. The normalized spacial score (nSPS) is 10.7. The number of hydrogen-bond acceptors (Lipinski definition) is 3. The van der Waals surface area contributed by atoms with Gasteiger partial charge in [-0.2, -0.15) is 0 Å². The van der Waals surface area contributed by atoms with Gasteiger partial charge in [0.05, 0.1) is 15.6 Å². The van der Waals surface area contributed by atoms with E-state index in [1.165, 1.54) is 0 Å². The molecule has 0 fully saturated rings. The molecule has 134 valence electrons. The van der Waals surface area contributed by atoms with Crippen LogP contribution in [0.3, 0.4) is 0 Å². The number of carbonyl (C=O) groups is 2. The summed E-state index contributed by atoms with van der Waals surface area (Å²) >= 11 is 11.9. The Morgan fingerprint density at radius 1 is 1.12 bits per heavy atom. The van der Waals surface area contributed by atoms with Crippen molar-refractivity contribution >= 4 is 46.2 Å². The van der Waals surface area contributed by atoms with E-state index in [9.17, 15) is 9.59 Å². The molecule has 0 radical (unpaired) electrons. The first-order chi connectivity index (χ1) is 12.5. The summed E-state index contributed by atoms with van der Waals surface area (Å²) in [5.74, 6) is -0.614. The molecule has 0 aliphatic rings. The highest BCUT2D eigenvalue weighted by atomic mass is 35.5. The molecule has 0 atom stereocenters. The van der Waals surface area contributed by atoms with E-state index in [2.05, 4.69) is 15.6 Å². The fourth-order valence-corrected chi connectivity index (χ4v) is 2.74. The van der Waals surface area contributed by atoms with Gasteiger partial charge in [-0.05, 0) is 36.8 Å². The Hall–Kier alpha value is -2.57. The first-order valence-corrected chi connectivity index (χ1v) is 8.78. The number of benzene rings is 1. The summed E-state index contributed by atoms with van der Waals surface area (Å²) in [6, 6.07) is 10.1. The lowest BCUT2D eigenvalue weighted by molar-refractivity contribution is 0.0942. The summed E-state index contributed by atoms with van der Waals surface area (Å²) in [5.41, 5.74) is 1.17. The zero-order chi connectivity index (χ0) is 18.7. The Morgan fingerprint density at radius 3 is 2.65 bits per heavy atom. The Bertz CT molecular complexity index is 984. The zero-order valence-electron chi connectivity index (χ0n) is 13.9. The van der Waals surface area contributed by atoms with E-state index in [1.54, 1.807) is 47.0 Å². The summed E-state index contributed by atoms with van der Waals surface area (Å²) < 4.78 is 1.59. The molecule has 2 amide bonds. The van der Waals surface area contributed by atoms with Crippen molar-refractivity contribution in [1.82, 2.24) is 14.7 Å². The lowest BCUT2D eigenvalue weighted by atomic mass is 10.3. The molecular weight excluding hydrogens is 375 g/mol. The second-order valence-corrected chi connectivity index (χ2v) is 6.39. The van der Waals surface area contributed by atoms with Crippen LogP contribution in [0.2, 0.25) is 10.0 Å². The van der Waals surface area contributed by atoms with Gasteiger partial charge in [-0.3, -0.25) is 14.0 Å². The lowest BCUT2D eigenvalue weighted by Gasteiger charge is -2.05. The third kappa shape index (κ3) is 3.66. The van der Waals surface area contributed by atoms with Gasteiger partial charge < -0.3 is 10.6 Å². The van der Waals surface area contributed by atoms with Crippen molar-refractivity contribution in [2.45, 2.75) is 13.3 Å². The van der Waals surface area contributed by atoms with Gasteiger partial charge in [-0.25, -0.2) is 4.98 Å². The highest BCUT2D eigenvalue weighted by molar-refractivity contribution is 6.42. The first-order valence-electron chi connectivity index (χ1n) is 8.03. The Kier molecular flexibility index (Phi) is 5.44. The van der Waals surface area contributed by atoms with Gasteiger partial charge in [0.1, 0.15) is 0 Å². The molecule has 2 aromatic heterocycles. The van der Waals surface area contributed by atoms with Crippen LogP contribution in [0.25, 0.3) is 5.52 Å². The SMILES string of the molecule is CCCNC(=O)c1nc(C(=O)Nc2ccc(Cl)c(Cl)c2)c2ccccn12. The average Bonchev–Trinajstić information content (AvgIpc) is 3.03. The third-order valence-electron chi connectivity index (χ3n) is 3.68. The van der Waals surface area contributed by atoms with Gasteiger partial charge in [-0.15, -0.1) is 0 Å². The zero-order valence-corrected chi connectivity index (χ0v) is 15.4. The molecule has 0 aliphatic heterocycles. The van der Waals surface area contributed by atoms with Gasteiger partial charge in [0.15, 0.2) is 5.69 Å². The van der Waals surface area contributed by atoms with Crippen LogP contribution in [-0.2, 0) is 0 Å². The van der Waals surface area contributed by atoms with Crippen molar-refractivity contribution in [3.63, 3.8) is 0 Å². The number of imidazole rings is 1. The molecule has 1 aromatic carbocycles. The highest BCUT2D eigenvalue weighted by Crippen LogP contribution is 2.25. The van der Waals surface area contributed by atoms with Gasteiger partial charge in [-0.1, -0.05) is 36.2 Å². The van der Waals surface area contributed by atoms with Crippen molar-refractivity contribution in [2.24, 2.45) is 0 Å². The topological polar surface area (TPSA) is 75.5 Å². The number of pyridine rings is 1. The van der Waals surface area contributed by atoms with E-state index in [1.807, 2.05) is 6.92 Å². The Morgan fingerprint density at radius 2 is 1.92 bits per heavy atom. The molecule has 2 heterocycles. The molecular formula is C18H16Cl2N4O2. The maximum Gasteiger partial charge on any atom is 0.287 e. The minimum Gasteiger partial charge on any atom is -0.349 e. The molecule has 3 rings (SSSR count). The van der Waals surface area contributed by atoms with Gasteiger partial charge in [0, 0.05) is 18.4 Å². The number of fused-ring (bicyclic) bond motifs is 1. The molecule has 0 saturated carbocycles. The average molecular weight is 391 g/mol. The second kappa shape index (κ2) is 7.76. The van der Waals surface area contributed by atoms with Crippen LogP contribution in [0.4, 0.5) is 5.69 Å². The maximum atomic E-state index is 12.7.